The minimum absolute atomic E-state index is 0. The Hall–Kier alpha value is -6.44. The van der Waals surface area contributed by atoms with Crippen molar-refractivity contribution < 1.29 is 142 Å². The summed E-state index contributed by atoms with van der Waals surface area (Å²) in [5.74, 6) is 1.97. The Morgan fingerprint density at radius 2 is 0.565 bits per heavy atom. The molecule has 0 amide bonds. The van der Waals surface area contributed by atoms with Crippen molar-refractivity contribution in [2.45, 2.75) is 0 Å². The minimum atomic E-state index is -0.585. The molecule has 0 unspecified atom stereocenters. The third-order valence-electron chi connectivity index (χ3n) is 13.0. The summed E-state index contributed by atoms with van der Waals surface area (Å²) in [6.07, 6.45) is 0. The Morgan fingerprint density at radius 3 is 0.835 bits per heavy atom. The Bertz CT molecular complexity index is 3770. The zero-order chi connectivity index (χ0) is 57.8. The molecule has 0 aliphatic heterocycles. The van der Waals surface area contributed by atoms with Gasteiger partial charge in [-0.25, -0.2) is 8.78 Å². The molecule has 0 fully saturated rings. The standard InChI is InChI=1S/C42H29BrO2.C18H11BrF2.C12H10O.CH2O3.2K.H/c43-40-41(44-36-25-21-32(22-26-36)30-13-5-1-6-14-30)38(34-17-9-3-10-18-34)29-39(35-19-11-4-12-20-35)42(40)45-37-27-23-33(24-28-37)31-15-7-2-8-16-31;19-16-17(20)14(12-7-3-1-4-8-12)11-15(18(16)21)13-9-5-2-6-10-13;13-12-8-6-11(7-9-12)10-4-2-1-3-5-10;2-1-4-3;;;/h1-29H;1-11H;1-9,13H;1,3H;;;/q;;;;2*+1;-1/p-1. The summed E-state index contributed by atoms with van der Waals surface area (Å²) in [7, 11) is 0. The number of hydrogen-bond acceptors (Lipinski definition) is 6. The second-order valence-electron chi connectivity index (χ2n) is 18.4. The van der Waals surface area contributed by atoms with Gasteiger partial charge in [0, 0.05) is 22.3 Å². The molecule has 0 aliphatic rings. The number of carbonyl (C=O) groups is 1. The van der Waals surface area contributed by atoms with E-state index in [-0.39, 0.29) is 115 Å². The van der Waals surface area contributed by atoms with Crippen LogP contribution < -0.4 is 118 Å². The zero-order valence-electron chi connectivity index (χ0n) is 47.4. The average Bonchev–Trinajstić information content (AvgIpc) is 2.25. The van der Waals surface area contributed by atoms with E-state index in [1.54, 1.807) is 42.5 Å². The van der Waals surface area contributed by atoms with Gasteiger partial charge in [-0.2, -0.15) is 0 Å². The molecule has 410 valence electrons. The quantitative estimate of drug-likeness (QED) is 0.0431. The maximum Gasteiger partial charge on any atom is 1.00 e. The van der Waals surface area contributed by atoms with E-state index in [1.807, 2.05) is 176 Å². The molecule has 0 heterocycles. The summed E-state index contributed by atoms with van der Waals surface area (Å²) in [6.45, 7) is -0.181. The zero-order valence-corrected chi connectivity index (χ0v) is 55.8. The first kappa shape index (κ1) is 66.1. The van der Waals surface area contributed by atoms with Crippen molar-refractivity contribution >= 4 is 38.3 Å². The van der Waals surface area contributed by atoms with E-state index in [0.29, 0.717) is 39.5 Å². The van der Waals surface area contributed by atoms with Crippen LogP contribution in [0.25, 0.3) is 77.9 Å². The van der Waals surface area contributed by atoms with E-state index in [1.165, 1.54) is 5.56 Å². The molecule has 0 aliphatic carbocycles. The largest absolute Gasteiger partial charge is 1.00 e. The molecule has 0 saturated heterocycles. The van der Waals surface area contributed by atoms with E-state index in [2.05, 4.69) is 116 Å². The van der Waals surface area contributed by atoms with Gasteiger partial charge in [-0.05, 0) is 136 Å². The van der Waals surface area contributed by atoms with Gasteiger partial charge in [-0.15, -0.1) is 0 Å². The SMILES string of the molecule is Brc1c(Oc2ccc(-c3ccccc3)cc2)c(-c2ccccc2)cc(-c2ccccc2)c1Oc1ccc(-c2ccccc2)cc1.Fc1c(-c2ccccc2)cc(-c2ccccc2)c(F)c1Br.O=CO[O-].Oc1ccc(-c2ccccc2)cc1.[H-].[K+].[K+]. The number of carbonyl (C=O) groups excluding carboxylic acids is 1. The van der Waals surface area contributed by atoms with Crippen molar-refractivity contribution in [2.24, 2.45) is 0 Å². The molecule has 0 saturated carbocycles. The van der Waals surface area contributed by atoms with Crippen molar-refractivity contribution in [3.05, 3.63) is 318 Å². The summed E-state index contributed by atoms with van der Waals surface area (Å²) in [5.41, 5.74) is 13.1. The van der Waals surface area contributed by atoms with E-state index in [4.69, 9.17) is 24.6 Å². The Labute approximate surface area is 597 Å². The average molecular weight is 1300 g/mol. The fourth-order valence-electron chi connectivity index (χ4n) is 8.95. The maximum atomic E-state index is 14.4. The predicted molar refractivity (Wildman–Crippen MR) is 336 cm³/mol. The molecule has 85 heavy (non-hydrogen) atoms. The Balaban J connectivity index is 0.000000237. The fraction of sp³-hybridized carbons (Fsp3) is 0. The van der Waals surface area contributed by atoms with Crippen molar-refractivity contribution in [3.63, 3.8) is 0 Å². The van der Waals surface area contributed by atoms with Crippen LogP contribution in [0.2, 0.25) is 0 Å². The van der Waals surface area contributed by atoms with Crippen molar-refractivity contribution in [2.75, 3.05) is 0 Å². The first-order valence-corrected chi connectivity index (χ1v) is 27.8. The number of benzene rings is 12. The van der Waals surface area contributed by atoms with Gasteiger partial charge in [0.25, 0.3) is 6.47 Å². The molecule has 0 radical (unpaired) electrons. The number of rotatable bonds is 12. The Morgan fingerprint density at radius 1 is 0.341 bits per heavy atom. The molecule has 0 spiro atoms. The topological polar surface area (TPSA) is 88.1 Å². The van der Waals surface area contributed by atoms with Crippen LogP contribution in [0, 0.1) is 11.6 Å². The second kappa shape index (κ2) is 34.0. The molecule has 1 N–H and O–H groups in total. The Kier molecular flexibility index (Phi) is 26.5. The molecule has 0 atom stereocenters. The monoisotopic (exact) mass is 1300 g/mol. The van der Waals surface area contributed by atoms with Crippen LogP contribution in [0.1, 0.15) is 1.43 Å². The first-order chi connectivity index (χ1) is 40.7. The number of halogens is 4. The van der Waals surface area contributed by atoms with Crippen LogP contribution in [0.5, 0.6) is 28.7 Å². The third-order valence-corrected chi connectivity index (χ3v) is 14.5. The van der Waals surface area contributed by atoms with Crippen molar-refractivity contribution in [1.29, 1.82) is 0 Å². The van der Waals surface area contributed by atoms with E-state index < -0.39 is 11.6 Å². The summed E-state index contributed by atoms with van der Waals surface area (Å²) in [5, 5.41) is 17.5. The van der Waals surface area contributed by atoms with Gasteiger partial charge in [0.15, 0.2) is 11.5 Å². The molecule has 6 nitrogen and oxygen atoms in total. The summed E-state index contributed by atoms with van der Waals surface area (Å²) < 4.78 is 42.7. The number of ether oxygens (including phenoxy) is 2. The molecule has 12 aromatic carbocycles. The molecular formula is C73H52Br2F2K2O6. The number of phenolic OH excluding ortho intramolecular Hbond substituents is 1. The molecule has 0 aromatic heterocycles. The van der Waals surface area contributed by atoms with Crippen LogP contribution in [0.4, 0.5) is 8.78 Å². The van der Waals surface area contributed by atoms with Crippen LogP contribution in [-0.4, -0.2) is 11.6 Å². The molecule has 12 aromatic rings. The van der Waals surface area contributed by atoms with Crippen molar-refractivity contribution in [1.82, 2.24) is 0 Å². The second-order valence-corrected chi connectivity index (χ2v) is 20.0. The van der Waals surface area contributed by atoms with Crippen LogP contribution in [0.15, 0.2) is 306 Å². The van der Waals surface area contributed by atoms with Crippen LogP contribution in [-0.2, 0) is 9.68 Å². The third kappa shape index (κ3) is 18.1. The van der Waals surface area contributed by atoms with Crippen LogP contribution >= 0.6 is 31.9 Å². The summed E-state index contributed by atoms with van der Waals surface area (Å²) >= 11 is 6.97. The van der Waals surface area contributed by atoms with E-state index in [0.717, 1.165) is 66.0 Å². The molecule has 0 bridgehead atoms. The molecular weight excluding hydrogens is 1250 g/mol. The van der Waals surface area contributed by atoms with Gasteiger partial charge >= 0.3 is 103 Å². The minimum Gasteiger partial charge on any atom is -1.00 e. The van der Waals surface area contributed by atoms with Gasteiger partial charge in [-0.3, -0.25) is 4.79 Å². The molecule has 12 rings (SSSR count). The molecule has 12 heteroatoms. The number of aromatic hydroxyl groups is 1. The summed E-state index contributed by atoms with van der Waals surface area (Å²) in [6, 6.07) is 97.0. The maximum absolute atomic E-state index is 14.4. The number of phenols is 1. The van der Waals surface area contributed by atoms with Gasteiger partial charge in [0.1, 0.15) is 33.4 Å². The fourth-order valence-corrected chi connectivity index (χ4v) is 9.97. The van der Waals surface area contributed by atoms with Gasteiger partial charge in [0.2, 0.25) is 0 Å². The van der Waals surface area contributed by atoms with Crippen LogP contribution in [0.3, 0.4) is 0 Å². The predicted octanol–water partition coefficient (Wildman–Crippen LogP) is 14.4. The first-order valence-electron chi connectivity index (χ1n) is 26.2. The normalized spacial score (nSPS) is 10.1. The van der Waals surface area contributed by atoms with E-state index >= 15 is 0 Å². The number of hydrogen-bond donors (Lipinski definition) is 1. The smallest absolute Gasteiger partial charge is 1.00 e. The van der Waals surface area contributed by atoms with Gasteiger partial charge < -0.3 is 26.2 Å². The van der Waals surface area contributed by atoms with E-state index in [9.17, 15) is 8.78 Å². The summed E-state index contributed by atoms with van der Waals surface area (Å²) in [4.78, 5) is 11.2. The van der Waals surface area contributed by atoms with Gasteiger partial charge in [-0.1, -0.05) is 249 Å². The van der Waals surface area contributed by atoms with Gasteiger partial charge in [0.05, 0.1) is 4.47 Å². The van der Waals surface area contributed by atoms with Crippen molar-refractivity contribution in [3.8, 4) is 107 Å².